The molecule has 118 valence electrons. The second-order valence-corrected chi connectivity index (χ2v) is 4.87. The normalized spacial score (nSPS) is 17.7. The predicted molar refractivity (Wildman–Crippen MR) is 76.6 cm³/mol. The first-order valence-electron chi connectivity index (χ1n) is 7.15. The Morgan fingerprint density at radius 1 is 1.36 bits per heavy atom. The summed E-state index contributed by atoms with van der Waals surface area (Å²) in [4.78, 5) is 44.8. The zero-order valence-electron chi connectivity index (χ0n) is 12.3. The lowest BCUT2D eigenvalue weighted by molar-refractivity contribution is -0.153. The van der Waals surface area contributed by atoms with Crippen LogP contribution in [0.25, 0.3) is 0 Å². The van der Waals surface area contributed by atoms with E-state index in [1.54, 1.807) is 13.0 Å². The Labute approximate surface area is 127 Å². The molecule has 0 radical (unpaired) electrons. The van der Waals surface area contributed by atoms with Gasteiger partial charge in [0, 0.05) is 25.5 Å². The lowest BCUT2D eigenvalue weighted by Gasteiger charge is -2.30. The summed E-state index contributed by atoms with van der Waals surface area (Å²) in [6, 6.07) is 1.60. The van der Waals surface area contributed by atoms with Crippen molar-refractivity contribution < 1.29 is 19.1 Å². The first kappa shape index (κ1) is 15.9. The molecule has 0 saturated carbocycles. The monoisotopic (exact) mass is 306 g/mol. The van der Waals surface area contributed by atoms with Crippen molar-refractivity contribution in [3.63, 3.8) is 0 Å². The van der Waals surface area contributed by atoms with Crippen molar-refractivity contribution in [2.24, 2.45) is 5.92 Å². The van der Waals surface area contributed by atoms with E-state index in [9.17, 15) is 14.4 Å². The molecule has 0 aromatic carbocycles. The van der Waals surface area contributed by atoms with Gasteiger partial charge in [-0.2, -0.15) is 0 Å². The highest BCUT2D eigenvalue weighted by atomic mass is 16.5. The standard InChI is InChI=1S/C14H18N4O4/c1-2-22-13(21)10-5-3-8-18(9-10)12(20)11(19)17-14-15-6-4-7-16-14/h4,6-7,10H,2-3,5,8-9H2,1H3,(H,15,16,17,19). The molecule has 1 saturated heterocycles. The molecule has 0 aliphatic carbocycles. The van der Waals surface area contributed by atoms with E-state index >= 15 is 0 Å². The number of anilines is 1. The molecule has 1 N–H and O–H groups in total. The molecule has 1 aromatic rings. The number of ether oxygens (including phenoxy) is 1. The van der Waals surface area contributed by atoms with Crippen LogP contribution in [0.2, 0.25) is 0 Å². The fourth-order valence-corrected chi connectivity index (χ4v) is 2.28. The van der Waals surface area contributed by atoms with Gasteiger partial charge in [0.05, 0.1) is 12.5 Å². The van der Waals surface area contributed by atoms with Crippen LogP contribution in [0.3, 0.4) is 0 Å². The Balaban J connectivity index is 1.93. The third-order valence-electron chi connectivity index (χ3n) is 3.31. The van der Waals surface area contributed by atoms with Crippen LogP contribution in [-0.4, -0.2) is 52.3 Å². The van der Waals surface area contributed by atoms with E-state index in [2.05, 4.69) is 15.3 Å². The largest absolute Gasteiger partial charge is 0.466 e. The van der Waals surface area contributed by atoms with Gasteiger partial charge in [-0.25, -0.2) is 9.97 Å². The molecule has 2 rings (SSSR count). The van der Waals surface area contributed by atoms with Crippen molar-refractivity contribution in [2.45, 2.75) is 19.8 Å². The van der Waals surface area contributed by atoms with Crippen LogP contribution >= 0.6 is 0 Å². The summed E-state index contributed by atoms with van der Waals surface area (Å²) in [6.45, 7) is 2.67. The topological polar surface area (TPSA) is 101 Å². The molecule has 2 amide bonds. The van der Waals surface area contributed by atoms with Crippen LogP contribution in [0.5, 0.6) is 0 Å². The molecule has 22 heavy (non-hydrogen) atoms. The maximum Gasteiger partial charge on any atom is 0.316 e. The summed E-state index contributed by atoms with van der Waals surface area (Å²) in [5.74, 6) is -2.14. The van der Waals surface area contributed by atoms with E-state index < -0.39 is 11.8 Å². The summed E-state index contributed by atoms with van der Waals surface area (Å²) in [5, 5.41) is 2.34. The molecule has 1 atom stereocenters. The minimum atomic E-state index is -0.810. The second kappa shape index (κ2) is 7.48. The van der Waals surface area contributed by atoms with Gasteiger partial charge in [-0.1, -0.05) is 0 Å². The molecular formula is C14H18N4O4. The molecule has 8 heteroatoms. The van der Waals surface area contributed by atoms with Crippen molar-refractivity contribution in [3.8, 4) is 0 Å². The number of piperidine rings is 1. The molecule has 1 fully saturated rings. The molecule has 0 spiro atoms. The molecule has 2 heterocycles. The molecule has 1 aromatic heterocycles. The minimum Gasteiger partial charge on any atom is -0.466 e. The molecular weight excluding hydrogens is 288 g/mol. The van der Waals surface area contributed by atoms with Gasteiger partial charge in [0.25, 0.3) is 0 Å². The number of esters is 1. The van der Waals surface area contributed by atoms with Crippen LogP contribution < -0.4 is 5.32 Å². The Hall–Kier alpha value is -2.51. The summed E-state index contributed by atoms with van der Waals surface area (Å²) in [5.41, 5.74) is 0. The predicted octanol–water partition coefficient (Wildman–Crippen LogP) is 0.217. The maximum absolute atomic E-state index is 12.1. The molecule has 0 bridgehead atoms. The van der Waals surface area contributed by atoms with Gasteiger partial charge in [-0.05, 0) is 25.8 Å². The van der Waals surface area contributed by atoms with E-state index in [0.29, 0.717) is 26.0 Å². The number of carbonyl (C=O) groups excluding carboxylic acids is 3. The lowest BCUT2D eigenvalue weighted by atomic mass is 9.98. The van der Waals surface area contributed by atoms with Crippen molar-refractivity contribution in [3.05, 3.63) is 18.5 Å². The van der Waals surface area contributed by atoms with E-state index in [1.807, 2.05) is 0 Å². The number of hydrogen-bond donors (Lipinski definition) is 1. The van der Waals surface area contributed by atoms with Crippen LogP contribution in [0.4, 0.5) is 5.95 Å². The van der Waals surface area contributed by atoms with Gasteiger partial charge in [-0.3, -0.25) is 19.7 Å². The third kappa shape index (κ3) is 4.00. The minimum absolute atomic E-state index is 0.0693. The van der Waals surface area contributed by atoms with E-state index in [-0.39, 0.29) is 24.4 Å². The number of nitrogens with zero attached hydrogens (tertiary/aromatic N) is 3. The zero-order chi connectivity index (χ0) is 15.9. The molecule has 1 unspecified atom stereocenters. The van der Waals surface area contributed by atoms with Gasteiger partial charge < -0.3 is 9.64 Å². The van der Waals surface area contributed by atoms with Crippen LogP contribution in [0.1, 0.15) is 19.8 Å². The average Bonchev–Trinajstić information content (AvgIpc) is 2.55. The Morgan fingerprint density at radius 3 is 2.77 bits per heavy atom. The summed E-state index contributed by atoms with van der Waals surface area (Å²) in [6.07, 6.45) is 4.24. The van der Waals surface area contributed by atoms with Gasteiger partial charge in [0.15, 0.2) is 0 Å². The Morgan fingerprint density at radius 2 is 2.09 bits per heavy atom. The van der Waals surface area contributed by atoms with Gasteiger partial charge in [-0.15, -0.1) is 0 Å². The number of rotatable bonds is 3. The fraction of sp³-hybridized carbons (Fsp3) is 0.500. The van der Waals surface area contributed by atoms with Gasteiger partial charge in [0.2, 0.25) is 5.95 Å². The van der Waals surface area contributed by atoms with Gasteiger partial charge in [0.1, 0.15) is 0 Å². The quantitative estimate of drug-likeness (QED) is 0.633. The van der Waals surface area contributed by atoms with E-state index in [0.717, 1.165) is 0 Å². The summed E-state index contributed by atoms with van der Waals surface area (Å²) < 4.78 is 4.97. The average molecular weight is 306 g/mol. The van der Waals surface area contributed by atoms with Crippen molar-refractivity contribution in [2.75, 3.05) is 25.0 Å². The number of likely N-dealkylation sites (tertiary alicyclic amines) is 1. The number of amides is 2. The Kier molecular flexibility index (Phi) is 5.40. The van der Waals surface area contributed by atoms with E-state index in [4.69, 9.17) is 4.74 Å². The smallest absolute Gasteiger partial charge is 0.316 e. The van der Waals surface area contributed by atoms with Crippen LogP contribution in [0.15, 0.2) is 18.5 Å². The molecule has 1 aliphatic heterocycles. The van der Waals surface area contributed by atoms with Crippen molar-refractivity contribution in [1.29, 1.82) is 0 Å². The number of hydrogen-bond acceptors (Lipinski definition) is 6. The third-order valence-corrected chi connectivity index (χ3v) is 3.31. The highest BCUT2D eigenvalue weighted by Gasteiger charge is 2.32. The van der Waals surface area contributed by atoms with Crippen LogP contribution in [-0.2, 0) is 19.1 Å². The fourth-order valence-electron chi connectivity index (χ4n) is 2.28. The van der Waals surface area contributed by atoms with Crippen molar-refractivity contribution >= 4 is 23.7 Å². The van der Waals surface area contributed by atoms with Crippen LogP contribution in [0, 0.1) is 5.92 Å². The SMILES string of the molecule is CCOC(=O)C1CCCN(C(=O)C(=O)Nc2ncccn2)C1. The second-order valence-electron chi connectivity index (χ2n) is 4.87. The molecule has 1 aliphatic rings. The highest BCUT2D eigenvalue weighted by Crippen LogP contribution is 2.18. The Bertz CT molecular complexity index is 549. The summed E-state index contributed by atoms with van der Waals surface area (Å²) >= 11 is 0. The molecule has 8 nitrogen and oxygen atoms in total. The number of nitrogens with one attached hydrogen (secondary N) is 1. The van der Waals surface area contributed by atoms with Crippen molar-refractivity contribution in [1.82, 2.24) is 14.9 Å². The number of aromatic nitrogens is 2. The zero-order valence-corrected chi connectivity index (χ0v) is 12.3. The highest BCUT2D eigenvalue weighted by molar-refractivity contribution is 6.39. The lowest BCUT2D eigenvalue weighted by Crippen LogP contribution is -2.47. The maximum atomic E-state index is 12.1. The number of carbonyl (C=O) groups is 3. The summed E-state index contributed by atoms with van der Waals surface area (Å²) in [7, 11) is 0. The van der Waals surface area contributed by atoms with Gasteiger partial charge >= 0.3 is 17.8 Å². The van der Waals surface area contributed by atoms with E-state index in [1.165, 1.54) is 17.3 Å². The first-order valence-corrected chi connectivity index (χ1v) is 7.15. The first-order chi connectivity index (χ1) is 10.6.